The Labute approximate surface area is 89.0 Å². The van der Waals surface area contributed by atoms with Gasteiger partial charge in [0.05, 0.1) is 12.6 Å². The molecule has 1 saturated heterocycles. The van der Waals surface area contributed by atoms with Crippen LogP contribution in [0.4, 0.5) is 0 Å². The SMILES string of the molecule is CCC(N)c1nc(C2CCCOC2)no1. The fraction of sp³-hybridized carbons (Fsp3) is 0.800. The molecule has 2 rings (SSSR count). The van der Waals surface area contributed by atoms with Crippen molar-refractivity contribution in [3.63, 3.8) is 0 Å². The fourth-order valence-electron chi connectivity index (χ4n) is 1.68. The van der Waals surface area contributed by atoms with Gasteiger partial charge < -0.3 is 15.0 Å². The molecular formula is C10H17N3O2. The van der Waals surface area contributed by atoms with Crippen molar-refractivity contribution in [2.24, 2.45) is 5.73 Å². The van der Waals surface area contributed by atoms with Crippen molar-refractivity contribution < 1.29 is 9.26 Å². The van der Waals surface area contributed by atoms with E-state index in [1.807, 2.05) is 6.92 Å². The van der Waals surface area contributed by atoms with Gasteiger partial charge in [0.15, 0.2) is 5.82 Å². The lowest BCUT2D eigenvalue weighted by atomic mass is 10.0. The molecule has 2 unspecified atom stereocenters. The van der Waals surface area contributed by atoms with Gasteiger partial charge in [-0.2, -0.15) is 4.98 Å². The summed E-state index contributed by atoms with van der Waals surface area (Å²) in [4.78, 5) is 4.32. The molecule has 2 atom stereocenters. The van der Waals surface area contributed by atoms with E-state index >= 15 is 0 Å². The summed E-state index contributed by atoms with van der Waals surface area (Å²) >= 11 is 0. The zero-order valence-corrected chi connectivity index (χ0v) is 8.98. The molecule has 5 nitrogen and oxygen atoms in total. The minimum absolute atomic E-state index is 0.143. The van der Waals surface area contributed by atoms with E-state index in [-0.39, 0.29) is 12.0 Å². The number of hydrogen-bond acceptors (Lipinski definition) is 5. The molecular weight excluding hydrogens is 194 g/mol. The van der Waals surface area contributed by atoms with E-state index in [1.165, 1.54) is 0 Å². The van der Waals surface area contributed by atoms with Gasteiger partial charge in [-0.05, 0) is 19.3 Å². The molecule has 0 aliphatic carbocycles. The van der Waals surface area contributed by atoms with Crippen molar-refractivity contribution in [1.29, 1.82) is 0 Å². The summed E-state index contributed by atoms with van der Waals surface area (Å²) in [6, 6.07) is -0.143. The summed E-state index contributed by atoms with van der Waals surface area (Å²) in [6.07, 6.45) is 2.94. The molecule has 2 heterocycles. The second-order valence-corrected chi connectivity index (χ2v) is 3.92. The molecule has 1 aromatic rings. The minimum atomic E-state index is -0.143. The molecule has 1 aromatic heterocycles. The van der Waals surface area contributed by atoms with Crippen molar-refractivity contribution in [1.82, 2.24) is 10.1 Å². The number of rotatable bonds is 3. The van der Waals surface area contributed by atoms with Gasteiger partial charge in [-0.15, -0.1) is 0 Å². The Kier molecular flexibility index (Phi) is 3.33. The number of aromatic nitrogens is 2. The smallest absolute Gasteiger partial charge is 0.243 e. The number of nitrogens with zero attached hydrogens (tertiary/aromatic N) is 2. The Bertz CT molecular complexity index is 307. The fourth-order valence-corrected chi connectivity index (χ4v) is 1.68. The van der Waals surface area contributed by atoms with Crippen molar-refractivity contribution in [3.8, 4) is 0 Å². The third kappa shape index (κ3) is 2.35. The van der Waals surface area contributed by atoms with Crippen molar-refractivity contribution >= 4 is 0 Å². The largest absolute Gasteiger partial charge is 0.381 e. The molecule has 1 fully saturated rings. The maximum Gasteiger partial charge on any atom is 0.243 e. The van der Waals surface area contributed by atoms with Crippen LogP contribution in [0.15, 0.2) is 4.52 Å². The van der Waals surface area contributed by atoms with Gasteiger partial charge in [0.2, 0.25) is 5.89 Å². The molecule has 0 saturated carbocycles. The number of nitrogens with two attached hydrogens (primary N) is 1. The molecule has 1 aliphatic rings. The highest BCUT2D eigenvalue weighted by molar-refractivity contribution is 4.98. The van der Waals surface area contributed by atoms with Gasteiger partial charge in [-0.1, -0.05) is 12.1 Å². The van der Waals surface area contributed by atoms with E-state index < -0.39 is 0 Å². The van der Waals surface area contributed by atoms with Gasteiger partial charge in [0.25, 0.3) is 0 Å². The van der Waals surface area contributed by atoms with E-state index in [0.717, 1.165) is 31.7 Å². The maximum absolute atomic E-state index is 5.81. The molecule has 0 aromatic carbocycles. The Morgan fingerprint density at radius 1 is 1.60 bits per heavy atom. The second kappa shape index (κ2) is 4.72. The quantitative estimate of drug-likeness (QED) is 0.817. The highest BCUT2D eigenvalue weighted by Crippen LogP contribution is 2.24. The van der Waals surface area contributed by atoms with Gasteiger partial charge in [0, 0.05) is 12.5 Å². The summed E-state index contributed by atoms with van der Waals surface area (Å²) in [5.74, 6) is 1.56. The van der Waals surface area contributed by atoms with Crippen LogP contribution in [0.5, 0.6) is 0 Å². The first kappa shape index (κ1) is 10.6. The lowest BCUT2D eigenvalue weighted by Gasteiger charge is -2.18. The predicted molar refractivity (Wildman–Crippen MR) is 54.3 cm³/mol. The van der Waals surface area contributed by atoms with Crippen LogP contribution in [0.1, 0.15) is 49.9 Å². The van der Waals surface area contributed by atoms with E-state index in [9.17, 15) is 0 Å². The Morgan fingerprint density at radius 3 is 3.13 bits per heavy atom. The zero-order valence-electron chi connectivity index (χ0n) is 8.98. The Morgan fingerprint density at radius 2 is 2.47 bits per heavy atom. The monoisotopic (exact) mass is 211 g/mol. The van der Waals surface area contributed by atoms with Crippen molar-refractivity contribution in [3.05, 3.63) is 11.7 Å². The molecule has 84 valence electrons. The first-order valence-electron chi connectivity index (χ1n) is 5.48. The molecule has 0 bridgehead atoms. The zero-order chi connectivity index (χ0) is 10.7. The molecule has 0 amide bonds. The summed E-state index contributed by atoms with van der Waals surface area (Å²) in [5, 5.41) is 3.96. The van der Waals surface area contributed by atoms with Gasteiger partial charge in [-0.25, -0.2) is 0 Å². The third-order valence-corrected chi connectivity index (χ3v) is 2.74. The minimum Gasteiger partial charge on any atom is -0.381 e. The average molecular weight is 211 g/mol. The van der Waals surface area contributed by atoms with Crippen LogP contribution in [0.3, 0.4) is 0 Å². The van der Waals surface area contributed by atoms with E-state index in [4.69, 9.17) is 15.0 Å². The molecule has 0 spiro atoms. The number of hydrogen-bond donors (Lipinski definition) is 1. The third-order valence-electron chi connectivity index (χ3n) is 2.74. The van der Waals surface area contributed by atoms with Crippen LogP contribution in [0, 0.1) is 0 Å². The van der Waals surface area contributed by atoms with Crippen LogP contribution < -0.4 is 5.73 Å². The lowest BCUT2D eigenvalue weighted by Crippen LogP contribution is -2.17. The van der Waals surface area contributed by atoms with Crippen LogP contribution in [-0.2, 0) is 4.74 Å². The standard InChI is InChI=1S/C10H17N3O2/c1-2-8(11)10-12-9(13-15-10)7-4-3-5-14-6-7/h7-8H,2-6,11H2,1H3. The highest BCUT2D eigenvalue weighted by Gasteiger charge is 2.22. The average Bonchev–Trinajstić information content (AvgIpc) is 2.78. The second-order valence-electron chi connectivity index (χ2n) is 3.92. The molecule has 15 heavy (non-hydrogen) atoms. The Hall–Kier alpha value is -0.940. The van der Waals surface area contributed by atoms with Crippen molar-refractivity contribution in [2.45, 2.75) is 38.1 Å². The number of ether oxygens (including phenoxy) is 1. The van der Waals surface area contributed by atoms with E-state index in [2.05, 4.69) is 10.1 Å². The van der Waals surface area contributed by atoms with Crippen LogP contribution in [0.25, 0.3) is 0 Å². The summed E-state index contributed by atoms with van der Waals surface area (Å²) in [5.41, 5.74) is 5.81. The molecule has 2 N–H and O–H groups in total. The molecule has 5 heteroatoms. The van der Waals surface area contributed by atoms with Crippen molar-refractivity contribution in [2.75, 3.05) is 13.2 Å². The van der Waals surface area contributed by atoms with E-state index in [1.54, 1.807) is 0 Å². The highest BCUT2D eigenvalue weighted by atomic mass is 16.5. The van der Waals surface area contributed by atoms with Gasteiger partial charge in [0.1, 0.15) is 0 Å². The molecule has 0 radical (unpaired) electrons. The first-order chi connectivity index (χ1) is 7.31. The topological polar surface area (TPSA) is 74.2 Å². The van der Waals surface area contributed by atoms with Gasteiger partial charge in [-0.3, -0.25) is 0 Å². The van der Waals surface area contributed by atoms with Crippen LogP contribution >= 0.6 is 0 Å². The summed E-state index contributed by atoms with van der Waals surface area (Å²) in [6.45, 7) is 3.54. The van der Waals surface area contributed by atoms with E-state index in [0.29, 0.717) is 12.5 Å². The van der Waals surface area contributed by atoms with Crippen LogP contribution in [0.2, 0.25) is 0 Å². The normalized spacial score (nSPS) is 24.0. The summed E-state index contributed by atoms with van der Waals surface area (Å²) < 4.78 is 10.5. The maximum atomic E-state index is 5.81. The summed E-state index contributed by atoms with van der Waals surface area (Å²) in [7, 11) is 0. The Balaban J connectivity index is 2.05. The van der Waals surface area contributed by atoms with Crippen LogP contribution in [-0.4, -0.2) is 23.4 Å². The molecule has 1 aliphatic heterocycles. The van der Waals surface area contributed by atoms with Gasteiger partial charge >= 0.3 is 0 Å². The predicted octanol–water partition coefficient (Wildman–Crippen LogP) is 1.37. The first-order valence-corrected chi connectivity index (χ1v) is 5.48. The lowest BCUT2D eigenvalue weighted by molar-refractivity contribution is 0.0773.